The molecule has 0 aliphatic carbocycles. The highest BCUT2D eigenvalue weighted by molar-refractivity contribution is 6.00. The summed E-state index contributed by atoms with van der Waals surface area (Å²) in [7, 11) is 0. The van der Waals surface area contributed by atoms with Crippen molar-refractivity contribution in [3.05, 3.63) is 29.6 Å². The van der Waals surface area contributed by atoms with Crippen molar-refractivity contribution in [2.75, 3.05) is 18.8 Å². The topological polar surface area (TPSA) is 75.4 Å². The van der Waals surface area contributed by atoms with Gasteiger partial charge in [0.15, 0.2) is 0 Å². The van der Waals surface area contributed by atoms with Crippen LogP contribution in [0.2, 0.25) is 0 Å². The maximum atomic E-state index is 13.1. The molecule has 6 heteroatoms. The molecule has 3 rings (SSSR count). The largest absolute Gasteiger partial charge is 0.398 e. The third-order valence-electron chi connectivity index (χ3n) is 4.11. The van der Waals surface area contributed by atoms with Crippen molar-refractivity contribution < 1.29 is 14.0 Å². The van der Waals surface area contributed by atoms with Gasteiger partial charge in [0.2, 0.25) is 5.91 Å². The Morgan fingerprint density at radius 1 is 1.45 bits per heavy atom. The van der Waals surface area contributed by atoms with Crippen LogP contribution >= 0.6 is 0 Å². The van der Waals surface area contributed by atoms with Crippen molar-refractivity contribution in [3.8, 4) is 0 Å². The Kier molecular flexibility index (Phi) is 3.08. The molecule has 0 saturated carbocycles. The lowest BCUT2D eigenvalue weighted by Gasteiger charge is -2.36. The number of hydrogen-bond donors (Lipinski definition) is 2. The Labute approximate surface area is 115 Å². The lowest BCUT2D eigenvalue weighted by molar-refractivity contribution is -0.123. The molecule has 2 aliphatic heterocycles. The number of fused-ring (bicyclic) bond motifs is 1. The van der Waals surface area contributed by atoms with Gasteiger partial charge in [0.1, 0.15) is 5.82 Å². The lowest BCUT2D eigenvalue weighted by Crippen LogP contribution is -2.48. The SMILES string of the molecule is Nc1cc(F)ccc1C(=O)N1CCCC2C(=O)NCC21. The number of carbonyl (C=O) groups is 2. The Morgan fingerprint density at radius 3 is 3.00 bits per heavy atom. The van der Waals surface area contributed by atoms with Gasteiger partial charge < -0.3 is 16.0 Å². The molecule has 2 amide bonds. The number of piperidine rings is 1. The first-order valence-corrected chi connectivity index (χ1v) is 6.71. The summed E-state index contributed by atoms with van der Waals surface area (Å²) in [6.45, 7) is 1.09. The average molecular weight is 277 g/mol. The summed E-state index contributed by atoms with van der Waals surface area (Å²) in [6.07, 6.45) is 1.60. The molecule has 20 heavy (non-hydrogen) atoms. The number of anilines is 1. The maximum absolute atomic E-state index is 13.1. The van der Waals surface area contributed by atoms with Gasteiger partial charge >= 0.3 is 0 Å². The molecule has 0 radical (unpaired) electrons. The molecule has 2 fully saturated rings. The smallest absolute Gasteiger partial charge is 0.256 e. The predicted molar refractivity (Wildman–Crippen MR) is 71.4 cm³/mol. The third kappa shape index (κ3) is 2.01. The molecular formula is C14H16FN3O2. The fourth-order valence-corrected chi connectivity index (χ4v) is 3.09. The van der Waals surface area contributed by atoms with E-state index in [1.165, 1.54) is 12.1 Å². The van der Waals surface area contributed by atoms with Crippen molar-refractivity contribution in [1.29, 1.82) is 0 Å². The molecular weight excluding hydrogens is 261 g/mol. The number of benzene rings is 1. The van der Waals surface area contributed by atoms with Crippen LogP contribution in [0.5, 0.6) is 0 Å². The van der Waals surface area contributed by atoms with Crippen LogP contribution in [-0.4, -0.2) is 35.8 Å². The second kappa shape index (κ2) is 4.77. The van der Waals surface area contributed by atoms with E-state index in [1.807, 2.05) is 0 Å². The summed E-state index contributed by atoms with van der Waals surface area (Å²) >= 11 is 0. The van der Waals surface area contributed by atoms with Gasteiger partial charge in [0.05, 0.1) is 17.5 Å². The standard InChI is InChI=1S/C14H16FN3O2/c15-8-3-4-9(11(16)6-8)14(20)18-5-1-2-10-12(18)7-17-13(10)19/h3-4,6,10,12H,1-2,5,7,16H2,(H,17,19). The van der Waals surface area contributed by atoms with Gasteiger partial charge in [-0.05, 0) is 31.0 Å². The van der Waals surface area contributed by atoms with Gasteiger partial charge in [-0.1, -0.05) is 0 Å². The quantitative estimate of drug-likeness (QED) is 0.744. The Hall–Kier alpha value is -2.11. The Balaban J connectivity index is 1.88. The second-order valence-corrected chi connectivity index (χ2v) is 5.29. The minimum absolute atomic E-state index is 0.0135. The summed E-state index contributed by atoms with van der Waals surface area (Å²) in [6, 6.07) is 3.66. The summed E-state index contributed by atoms with van der Waals surface area (Å²) in [5, 5.41) is 2.80. The first-order valence-electron chi connectivity index (χ1n) is 6.71. The molecule has 0 bridgehead atoms. The fraction of sp³-hybridized carbons (Fsp3) is 0.429. The highest BCUT2D eigenvalue weighted by Crippen LogP contribution is 2.29. The number of hydrogen-bond acceptors (Lipinski definition) is 3. The van der Waals surface area contributed by atoms with Crippen LogP contribution in [-0.2, 0) is 4.79 Å². The molecule has 2 heterocycles. The zero-order valence-electron chi connectivity index (χ0n) is 10.9. The van der Waals surface area contributed by atoms with Crippen LogP contribution in [0.25, 0.3) is 0 Å². The number of nitrogens with one attached hydrogen (secondary N) is 1. The van der Waals surface area contributed by atoms with Crippen molar-refractivity contribution in [3.63, 3.8) is 0 Å². The van der Waals surface area contributed by atoms with Crippen LogP contribution in [0.1, 0.15) is 23.2 Å². The number of likely N-dealkylation sites (tertiary alicyclic amines) is 1. The number of halogens is 1. The van der Waals surface area contributed by atoms with Gasteiger partial charge in [0, 0.05) is 18.8 Å². The number of carbonyl (C=O) groups excluding carboxylic acids is 2. The lowest BCUT2D eigenvalue weighted by atomic mass is 9.91. The maximum Gasteiger partial charge on any atom is 0.256 e. The van der Waals surface area contributed by atoms with E-state index in [1.54, 1.807) is 4.90 Å². The van der Waals surface area contributed by atoms with Crippen LogP contribution in [0.4, 0.5) is 10.1 Å². The molecule has 2 aliphatic rings. The van der Waals surface area contributed by atoms with E-state index in [-0.39, 0.29) is 29.5 Å². The van der Waals surface area contributed by atoms with E-state index in [9.17, 15) is 14.0 Å². The monoisotopic (exact) mass is 277 g/mol. The molecule has 5 nitrogen and oxygen atoms in total. The van der Waals surface area contributed by atoms with Crippen LogP contribution in [0.15, 0.2) is 18.2 Å². The molecule has 0 spiro atoms. The van der Waals surface area contributed by atoms with Gasteiger partial charge in [-0.15, -0.1) is 0 Å². The first kappa shape index (κ1) is 12.9. The number of nitrogens with zero attached hydrogens (tertiary/aromatic N) is 1. The molecule has 106 valence electrons. The Bertz CT molecular complexity index is 576. The van der Waals surface area contributed by atoms with Gasteiger partial charge in [-0.25, -0.2) is 4.39 Å². The highest BCUT2D eigenvalue weighted by Gasteiger charge is 2.42. The number of nitrogens with two attached hydrogens (primary N) is 1. The number of rotatable bonds is 1. The van der Waals surface area contributed by atoms with E-state index in [0.717, 1.165) is 18.9 Å². The third-order valence-corrected chi connectivity index (χ3v) is 4.11. The molecule has 2 unspecified atom stereocenters. The summed E-state index contributed by atoms with van der Waals surface area (Å²) in [5.74, 6) is -0.809. The van der Waals surface area contributed by atoms with E-state index in [4.69, 9.17) is 5.73 Å². The summed E-state index contributed by atoms with van der Waals surface area (Å²) < 4.78 is 13.1. The van der Waals surface area contributed by atoms with Crippen LogP contribution in [0, 0.1) is 11.7 Å². The zero-order valence-corrected chi connectivity index (χ0v) is 10.9. The molecule has 2 atom stereocenters. The summed E-state index contributed by atoms with van der Waals surface area (Å²) in [5.41, 5.74) is 6.15. The van der Waals surface area contributed by atoms with Crippen molar-refractivity contribution >= 4 is 17.5 Å². The fourth-order valence-electron chi connectivity index (χ4n) is 3.09. The van der Waals surface area contributed by atoms with Gasteiger partial charge in [-0.3, -0.25) is 9.59 Å². The van der Waals surface area contributed by atoms with E-state index < -0.39 is 5.82 Å². The van der Waals surface area contributed by atoms with E-state index in [2.05, 4.69) is 5.32 Å². The van der Waals surface area contributed by atoms with Crippen molar-refractivity contribution in [2.45, 2.75) is 18.9 Å². The van der Waals surface area contributed by atoms with E-state index >= 15 is 0 Å². The molecule has 2 saturated heterocycles. The molecule has 3 N–H and O–H groups in total. The van der Waals surface area contributed by atoms with Gasteiger partial charge in [-0.2, -0.15) is 0 Å². The van der Waals surface area contributed by atoms with E-state index in [0.29, 0.717) is 18.7 Å². The van der Waals surface area contributed by atoms with Crippen molar-refractivity contribution in [1.82, 2.24) is 10.2 Å². The summed E-state index contributed by atoms with van der Waals surface area (Å²) in [4.78, 5) is 26.0. The Morgan fingerprint density at radius 2 is 2.25 bits per heavy atom. The van der Waals surface area contributed by atoms with Crippen LogP contribution < -0.4 is 11.1 Å². The molecule has 1 aromatic rings. The number of amides is 2. The average Bonchev–Trinajstić information content (AvgIpc) is 2.80. The van der Waals surface area contributed by atoms with Crippen LogP contribution in [0.3, 0.4) is 0 Å². The molecule has 0 aromatic heterocycles. The van der Waals surface area contributed by atoms with Gasteiger partial charge in [0.25, 0.3) is 5.91 Å². The normalized spacial score (nSPS) is 25.2. The zero-order chi connectivity index (χ0) is 14.3. The number of nitrogen functional groups attached to an aromatic ring is 1. The predicted octanol–water partition coefficient (Wildman–Crippen LogP) is 0.758. The molecule has 1 aromatic carbocycles. The first-order chi connectivity index (χ1) is 9.58. The minimum Gasteiger partial charge on any atom is -0.398 e. The second-order valence-electron chi connectivity index (χ2n) is 5.29. The minimum atomic E-state index is -0.465. The van der Waals surface area contributed by atoms with Crippen molar-refractivity contribution in [2.24, 2.45) is 5.92 Å². The highest BCUT2D eigenvalue weighted by atomic mass is 19.1.